The average Bonchev–Trinajstić information content (AvgIpc) is 1.64. The lowest BCUT2D eigenvalue weighted by Gasteiger charge is -2.31. The van der Waals surface area contributed by atoms with Gasteiger partial charge in [0.1, 0.15) is 90.0 Å². The summed E-state index contributed by atoms with van der Waals surface area (Å²) in [6, 6.07) is -14.9. The van der Waals surface area contributed by atoms with E-state index in [9.17, 15) is 39.0 Å². The van der Waals surface area contributed by atoms with E-state index in [0.717, 1.165) is 21.6 Å². The molecule has 2 saturated heterocycles. The van der Waals surface area contributed by atoms with Gasteiger partial charge in [0, 0.05) is 76.7 Å². The van der Waals surface area contributed by atoms with Crippen LogP contribution in [0.1, 0.15) is 152 Å². The smallest absolute Gasteiger partial charge is 0.312 e. The minimum atomic E-state index is -1.92. The van der Waals surface area contributed by atoms with Crippen LogP contribution in [-0.2, 0) is 80.0 Å². The molecule has 0 radical (unpaired) electrons. The Balaban J connectivity index is 2.14. The van der Waals surface area contributed by atoms with Crippen molar-refractivity contribution in [2.75, 3.05) is 77.0 Å². The molecule has 2 aromatic rings. The van der Waals surface area contributed by atoms with Crippen LogP contribution < -0.4 is 164 Å². The Morgan fingerprint density at radius 1 is 0.388 bits per heavy atom. The Morgan fingerprint density at radius 3 is 1.14 bits per heavy atom. The second-order valence-corrected chi connectivity index (χ2v) is 35.6. The van der Waals surface area contributed by atoms with Crippen LogP contribution in [0, 0.1) is 21.6 Å². The van der Waals surface area contributed by atoms with E-state index in [1.54, 1.807) is 0 Å². The zero-order chi connectivity index (χ0) is 103. The number of benzene rings is 2. The Hall–Kier alpha value is -13.9. The first-order valence-electron chi connectivity index (χ1n) is 45.7. The van der Waals surface area contributed by atoms with Crippen LogP contribution >= 0.6 is 21.6 Å². The van der Waals surface area contributed by atoms with Gasteiger partial charge in [-0.05, 0) is 190 Å². The molecule has 2 aliphatic heterocycles. The van der Waals surface area contributed by atoms with Crippen molar-refractivity contribution in [1.29, 1.82) is 21.6 Å². The topological polar surface area (TPSA) is 944 Å². The van der Waals surface area contributed by atoms with Crippen LogP contribution in [0.25, 0.3) is 0 Å². The minimum Gasteiger partial charge on any atom is -0.508 e. The summed E-state index contributed by atoms with van der Waals surface area (Å²) in [5, 5.41) is 101. The van der Waals surface area contributed by atoms with Crippen molar-refractivity contribution in [2.45, 2.75) is 239 Å². The van der Waals surface area contributed by atoms with E-state index in [1.807, 2.05) is 0 Å². The number of phenols is 2. The summed E-state index contributed by atoms with van der Waals surface area (Å²) in [4.78, 5) is 248. The van der Waals surface area contributed by atoms with Crippen LogP contribution in [0.4, 0.5) is 14.4 Å². The van der Waals surface area contributed by atoms with E-state index < -0.39 is 228 Å². The van der Waals surface area contributed by atoms with E-state index in [1.165, 1.54) is 53.4 Å². The fraction of sp³-hybridized carbons (Fsp3) is 0.602. The van der Waals surface area contributed by atoms with Gasteiger partial charge in [-0.1, -0.05) is 45.9 Å². The number of rotatable bonds is 49. The van der Waals surface area contributed by atoms with Gasteiger partial charge in [0.05, 0.1) is 6.04 Å². The summed E-state index contributed by atoms with van der Waals surface area (Å²) in [5.41, 5.74) is 63.1. The van der Waals surface area contributed by atoms with Crippen LogP contribution in [0.15, 0.2) is 48.5 Å². The highest BCUT2D eigenvalue weighted by atomic mass is 33.1. The molecule has 56 heteroatoms. The van der Waals surface area contributed by atoms with Gasteiger partial charge in [-0.2, -0.15) is 0 Å². The number of guanidine groups is 4. The number of carbonyl (C=O) groups is 17. The molecule has 4 rings (SSSR count). The number of hydrogen-bond donors (Lipinski definition) is 36. The van der Waals surface area contributed by atoms with Crippen LogP contribution in [-0.4, -0.2) is 301 Å². The highest BCUT2D eigenvalue weighted by molar-refractivity contribution is 8.76. The summed E-state index contributed by atoms with van der Waals surface area (Å²) in [5.74, 6) is -17.8. The van der Waals surface area contributed by atoms with Gasteiger partial charge in [-0.3, -0.25) is 88.8 Å². The third-order valence-electron chi connectivity index (χ3n) is 21.8. The zero-order valence-corrected chi connectivity index (χ0v) is 79.2. The van der Waals surface area contributed by atoms with Crippen molar-refractivity contribution in [3.8, 4) is 11.5 Å². The number of fused-ring (bicyclic) bond motifs is 1. The molecule has 0 unspecified atom stereocenters. The fourth-order valence-electron chi connectivity index (χ4n) is 14.5. The number of primary amides is 4. The maximum Gasteiger partial charge on any atom is 0.312 e. The quantitative estimate of drug-likeness (QED) is 0.0127. The van der Waals surface area contributed by atoms with Crippen LogP contribution in [0.2, 0.25) is 0 Å². The molecule has 2 aromatic carbocycles. The lowest BCUT2D eigenvalue weighted by molar-refractivity contribution is -0.142. The normalized spacial score (nSPS) is 20.4. The molecule has 774 valence electrons. The van der Waals surface area contributed by atoms with E-state index in [2.05, 4.69) is 101 Å². The number of carbonyl (C=O) groups excluding carboxylic acids is 17. The van der Waals surface area contributed by atoms with Gasteiger partial charge in [-0.15, -0.1) is 0 Å². The van der Waals surface area contributed by atoms with E-state index in [-0.39, 0.29) is 217 Å². The van der Waals surface area contributed by atoms with Crippen molar-refractivity contribution < 1.29 is 91.7 Å². The van der Waals surface area contributed by atoms with Crippen LogP contribution in [0.3, 0.4) is 0 Å². The Kier molecular flexibility index (Phi) is 54.2. The molecule has 0 saturated carbocycles. The zero-order valence-electron chi connectivity index (χ0n) is 77.6. The van der Waals surface area contributed by atoms with Gasteiger partial charge < -0.3 is 179 Å². The number of nitrogens with two attached hydrogens (primary N) is 11. The van der Waals surface area contributed by atoms with Crippen LogP contribution in [0.5, 0.6) is 11.5 Å². The third-order valence-corrected chi connectivity index (χ3v) is 24.3. The van der Waals surface area contributed by atoms with Crippen molar-refractivity contribution in [1.82, 2.24) is 106 Å². The molecule has 14 atom stereocenters. The lowest BCUT2D eigenvalue weighted by atomic mass is 10.0. The first kappa shape index (κ1) is 117. The maximum absolute atomic E-state index is 15.8. The molecule has 0 aliphatic carbocycles. The van der Waals surface area contributed by atoms with Crippen molar-refractivity contribution in [2.24, 2.45) is 63.1 Å². The van der Waals surface area contributed by atoms with E-state index in [4.69, 9.17) is 84.7 Å². The predicted octanol–water partition coefficient (Wildman–Crippen LogP) is -9.44. The number of phenolic OH excluding ortho intramolecular Hbond substituents is 2. The molecule has 139 heavy (non-hydrogen) atoms. The lowest BCUT2D eigenvalue weighted by Crippen LogP contribution is -2.61. The molecule has 20 amide bonds. The number of unbranched alkanes of at least 4 members (excludes halogenated alkanes) is 2. The Morgan fingerprint density at radius 2 is 0.734 bits per heavy atom. The molecule has 0 bridgehead atoms. The van der Waals surface area contributed by atoms with Gasteiger partial charge in [0.25, 0.3) is 0 Å². The first-order chi connectivity index (χ1) is 66.1. The van der Waals surface area contributed by atoms with Gasteiger partial charge in [0.15, 0.2) is 23.8 Å². The minimum absolute atomic E-state index is 0.00270. The molecule has 2 aliphatic rings. The van der Waals surface area contributed by atoms with Gasteiger partial charge in [-0.25, -0.2) is 14.4 Å². The molecular formula is C83H141N35O19S2. The Bertz CT molecular complexity index is 4440. The summed E-state index contributed by atoms with van der Waals surface area (Å²) in [6.45, 7) is -0.441. The Labute approximate surface area is 811 Å². The van der Waals surface area contributed by atoms with Gasteiger partial charge in [0.2, 0.25) is 82.7 Å². The maximum atomic E-state index is 15.8. The fourth-order valence-corrected chi connectivity index (χ4v) is 16.8. The average molecular weight is 2000 g/mol. The number of nitrogens with zero attached hydrogens (tertiary/aromatic N) is 1. The van der Waals surface area contributed by atoms with E-state index in [0.29, 0.717) is 18.4 Å². The molecule has 2 fully saturated rings. The van der Waals surface area contributed by atoms with E-state index >= 15 is 52.7 Å². The van der Waals surface area contributed by atoms with Crippen molar-refractivity contribution in [3.63, 3.8) is 0 Å². The second kappa shape index (κ2) is 64.2. The second-order valence-electron chi connectivity index (χ2n) is 33.0. The molecular weight excluding hydrogens is 1860 g/mol. The van der Waals surface area contributed by atoms with Gasteiger partial charge >= 0.3 is 18.1 Å². The molecule has 54 nitrogen and oxygen atoms in total. The standard InChI is InChI=1S/C83H141N35O19S2/c84-31-3-1-14-51-68(126)113-57(15-2-4-32-85)76(134)118-40-12-22-62(118)75(133)115-59(42-46-25-29-48(120)30-26-46)72(130)112-54(20-10-38-104-82(97)136)67(125)110-56(21-11-39-105-83(98)137)70(128)116-60(73(131)106-50(63(87)121)16-6-34-100-78(90)91)43-138-139-44-61(74(132)114-58(41-45-23-27-47(119)28-24-45)71(129)111-53(66(124)108-51)19-9-37-103-81(96)135)117-69(127)55(18-8-36-102-80(94)95)109-65(123)52(17-7-35-101-79(92)93)107-64(122)49(86)13-5-33-99-77(88)89/h23-30,49-62,119-120H,1-22,31-44,84-86H2,(H2,87,121)(H,106,131)(H,107,122)(H,108,124)(H,109,123)(H,110,125)(H,111,129)(H,112,130)(H,113,126)(H,114,132)(H,115,133)(H,116,128)(H,117,127)(H4,88,89,99)(H4,90,91,100)(H4,92,93,101)(H4,94,95,102)(H3,96,103,135)(H3,97,104,136)(H3,98,105,137)/t49-,50-,51-,52-,53-,54-,55-,56-,57+,58-,59-,60-,61-,62-/m0/s1. The van der Waals surface area contributed by atoms with Crippen molar-refractivity contribution >= 4 is 146 Å². The monoisotopic (exact) mass is 2000 g/mol. The number of nitrogens with one attached hydrogen (secondary N) is 23. The number of hydrogen-bond acceptors (Lipinski definition) is 28. The SMILES string of the molecule is N=C(N)NCCC[C@H](NC(=O)[C@@H]1CSSC[C@H](NC(=O)[C@H](CCCNC(=N)N)NC(=O)[C@H](CCCNC(=N)N)NC(=O)[C@@H](N)CCCNC(=N)N)C(=O)N[C@@H](Cc2ccc(O)cc2)C(=O)N[C@@H](CCCNC(N)=O)C(=O)N[C@@H](CCCCN)C(=O)N[C@H](CCCCN)C(=O)N2CCC[C@H]2C(=O)N[C@@H](Cc2ccc(O)cc2)C(=O)N[C@@H](CCCNC(N)=O)C(=O)N[C@@H](CCCNC(N)=O)C(=O)N1)C(N)=O. The number of aromatic hydroxyl groups is 2. The highest BCUT2D eigenvalue weighted by Gasteiger charge is 2.42. The molecule has 0 spiro atoms. The number of amides is 20. The van der Waals surface area contributed by atoms with Crippen molar-refractivity contribution in [3.05, 3.63) is 59.7 Å². The molecule has 47 N–H and O–H groups in total. The predicted molar refractivity (Wildman–Crippen MR) is 516 cm³/mol. The summed E-state index contributed by atoms with van der Waals surface area (Å²) >= 11 is 0. The molecule has 2 heterocycles. The molecule has 0 aromatic heterocycles. The third kappa shape index (κ3) is 47.1. The number of urea groups is 3. The highest BCUT2D eigenvalue weighted by Crippen LogP contribution is 2.26. The summed E-state index contributed by atoms with van der Waals surface area (Å²) in [6.07, 6.45) is -1.82. The summed E-state index contributed by atoms with van der Waals surface area (Å²) < 4.78 is 0. The first-order valence-corrected chi connectivity index (χ1v) is 48.2. The summed E-state index contributed by atoms with van der Waals surface area (Å²) in [7, 11) is 1.44. The largest absolute Gasteiger partial charge is 0.508 e.